The van der Waals surface area contributed by atoms with Crippen molar-refractivity contribution in [3.8, 4) is 0 Å². The zero-order valence-corrected chi connectivity index (χ0v) is 12.8. The van der Waals surface area contributed by atoms with Crippen LogP contribution in [0.2, 0.25) is 0 Å². The van der Waals surface area contributed by atoms with Gasteiger partial charge in [-0.1, -0.05) is 66.7 Å². The summed E-state index contributed by atoms with van der Waals surface area (Å²) in [4.78, 5) is 4.45. The normalized spacial score (nSPS) is 10.7. The number of aromatic nitrogens is 1. The van der Waals surface area contributed by atoms with Gasteiger partial charge in [0.2, 0.25) is 0 Å². The van der Waals surface area contributed by atoms with Gasteiger partial charge in [0.25, 0.3) is 0 Å². The fourth-order valence-corrected chi connectivity index (χ4v) is 4.73. The molecule has 0 aliphatic carbocycles. The van der Waals surface area contributed by atoms with Crippen LogP contribution in [0.4, 0.5) is 0 Å². The van der Waals surface area contributed by atoms with E-state index in [0.717, 1.165) is 12.6 Å². The van der Waals surface area contributed by atoms with E-state index in [0.29, 0.717) is 0 Å². The van der Waals surface area contributed by atoms with Gasteiger partial charge in [0.1, 0.15) is 0 Å². The third kappa shape index (κ3) is 3.77. The van der Waals surface area contributed by atoms with E-state index in [1.807, 2.05) is 12.3 Å². The SMILES string of the molecule is c1ccc(P(CCc2ccccn2)c2ccccc2)cc1. The first-order chi connectivity index (χ1) is 10.4. The van der Waals surface area contributed by atoms with Gasteiger partial charge in [-0.2, -0.15) is 0 Å². The second-order valence-electron chi connectivity index (χ2n) is 4.89. The Kier molecular flexibility index (Phi) is 4.76. The van der Waals surface area contributed by atoms with Gasteiger partial charge in [-0.05, 0) is 43.2 Å². The maximum Gasteiger partial charge on any atom is 0.0407 e. The molecular formula is C19H18NP. The summed E-state index contributed by atoms with van der Waals surface area (Å²) in [5, 5.41) is 2.88. The summed E-state index contributed by atoms with van der Waals surface area (Å²) in [5.74, 6) is 0. The molecule has 1 nitrogen and oxygen atoms in total. The summed E-state index contributed by atoms with van der Waals surface area (Å²) in [5.41, 5.74) is 1.18. The van der Waals surface area contributed by atoms with E-state index < -0.39 is 0 Å². The molecule has 0 saturated carbocycles. The Labute approximate surface area is 127 Å². The highest BCUT2D eigenvalue weighted by atomic mass is 31.1. The van der Waals surface area contributed by atoms with Crippen molar-refractivity contribution in [3.63, 3.8) is 0 Å². The molecule has 0 saturated heterocycles. The second-order valence-corrected chi connectivity index (χ2v) is 7.23. The van der Waals surface area contributed by atoms with Crippen LogP contribution < -0.4 is 10.6 Å². The van der Waals surface area contributed by atoms with Gasteiger partial charge in [-0.25, -0.2) is 0 Å². The lowest BCUT2D eigenvalue weighted by Crippen LogP contribution is -2.15. The third-order valence-electron chi connectivity index (χ3n) is 3.45. The Bertz CT molecular complexity index is 613. The lowest BCUT2D eigenvalue weighted by atomic mass is 10.3. The van der Waals surface area contributed by atoms with Crippen molar-refractivity contribution in [1.82, 2.24) is 4.98 Å². The molecule has 21 heavy (non-hydrogen) atoms. The molecule has 0 N–H and O–H groups in total. The molecule has 3 aromatic rings. The Morgan fingerprint density at radius 3 is 1.76 bits per heavy atom. The van der Waals surface area contributed by atoms with Gasteiger partial charge >= 0.3 is 0 Å². The van der Waals surface area contributed by atoms with Crippen LogP contribution in [0.3, 0.4) is 0 Å². The highest BCUT2D eigenvalue weighted by Gasteiger charge is 2.13. The Morgan fingerprint density at radius 2 is 1.24 bits per heavy atom. The predicted molar refractivity (Wildman–Crippen MR) is 91.9 cm³/mol. The van der Waals surface area contributed by atoms with E-state index in [1.165, 1.54) is 16.3 Å². The Morgan fingerprint density at radius 1 is 0.667 bits per heavy atom. The van der Waals surface area contributed by atoms with Gasteiger partial charge in [-0.3, -0.25) is 4.98 Å². The molecule has 0 amide bonds. The molecule has 0 bridgehead atoms. The quantitative estimate of drug-likeness (QED) is 0.652. The molecular weight excluding hydrogens is 273 g/mol. The van der Waals surface area contributed by atoms with Crippen molar-refractivity contribution in [1.29, 1.82) is 0 Å². The van der Waals surface area contributed by atoms with E-state index in [4.69, 9.17) is 0 Å². The van der Waals surface area contributed by atoms with Crippen molar-refractivity contribution in [3.05, 3.63) is 90.8 Å². The first-order valence-electron chi connectivity index (χ1n) is 7.21. The average Bonchev–Trinajstić information content (AvgIpc) is 2.58. The maximum atomic E-state index is 4.45. The first-order valence-corrected chi connectivity index (χ1v) is 8.74. The number of rotatable bonds is 5. The molecule has 0 radical (unpaired) electrons. The molecule has 0 aliphatic rings. The summed E-state index contributed by atoms with van der Waals surface area (Å²) in [6, 6.07) is 27.8. The van der Waals surface area contributed by atoms with Crippen molar-refractivity contribution in [2.24, 2.45) is 0 Å². The van der Waals surface area contributed by atoms with E-state index >= 15 is 0 Å². The van der Waals surface area contributed by atoms with Crippen LogP contribution in [0.1, 0.15) is 5.69 Å². The minimum atomic E-state index is -0.315. The summed E-state index contributed by atoms with van der Waals surface area (Å²) < 4.78 is 0. The van der Waals surface area contributed by atoms with Crippen LogP contribution in [0.15, 0.2) is 85.1 Å². The molecule has 0 aliphatic heterocycles. The summed E-state index contributed by atoms with van der Waals surface area (Å²) in [7, 11) is -0.315. The minimum Gasteiger partial charge on any atom is -0.261 e. The molecule has 0 fully saturated rings. The number of hydrogen-bond donors (Lipinski definition) is 0. The summed E-state index contributed by atoms with van der Waals surface area (Å²) in [6.07, 6.45) is 4.04. The summed E-state index contributed by atoms with van der Waals surface area (Å²) >= 11 is 0. The Hall–Kier alpha value is -1.98. The molecule has 1 aromatic heterocycles. The predicted octanol–water partition coefficient (Wildman–Crippen LogP) is 3.76. The van der Waals surface area contributed by atoms with E-state index in [9.17, 15) is 0 Å². The molecule has 2 aromatic carbocycles. The van der Waals surface area contributed by atoms with Crippen LogP contribution in [-0.4, -0.2) is 11.1 Å². The smallest absolute Gasteiger partial charge is 0.0407 e. The zero-order chi connectivity index (χ0) is 14.3. The molecule has 2 heteroatoms. The van der Waals surface area contributed by atoms with Crippen molar-refractivity contribution < 1.29 is 0 Å². The maximum absolute atomic E-state index is 4.45. The monoisotopic (exact) mass is 291 g/mol. The number of pyridine rings is 1. The average molecular weight is 291 g/mol. The van der Waals surface area contributed by atoms with Crippen molar-refractivity contribution in [2.45, 2.75) is 6.42 Å². The van der Waals surface area contributed by atoms with E-state index in [-0.39, 0.29) is 7.92 Å². The lowest BCUT2D eigenvalue weighted by molar-refractivity contribution is 1.04. The van der Waals surface area contributed by atoms with Crippen LogP contribution in [0.25, 0.3) is 0 Å². The molecule has 3 rings (SSSR count). The molecule has 0 unspecified atom stereocenters. The van der Waals surface area contributed by atoms with Crippen molar-refractivity contribution in [2.75, 3.05) is 6.16 Å². The molecule has 104 valence electrons. The van der Waals surface area contributed by atoms with Gasteiger partial charge < -0.3 is 0 Å². The van der Waals surface area contributed by atoms with Crippen molar-refractivity contribution >= 4 is 18.5 Å². The van der Waals surface area contributed by atoms with Gasteiger partial charge in [0.15, 0.2) is 0 Å². The zero-order valence-electron chi connectivity index (χ0n) is 11.9. The largest absolute Gasteiger partial charge is 0.261 e. The standard InChI is InChI=1S/C19H18NP/c1-3-10-18(11-4-1)21(19-12-5-2-6-13-19)16-14-17-9-7-8-15-20-17/h1-13,15H,14,16H2. The van der Waals surface area contributed by atoms with Crippen LogP contribution in [0.5, 0.6) is 0 Å². The molecule has 1 heterocycles. The highest BCUT2D eigenvalue weighted by Crippen LogP contribution is 2.33. The van der Waals surface area contributed by atoms with Gasteiger partial charge in [-0.15, -0.1) is 0 Å². The number of nitrogens with zero attached hydrogens (tertiary/aromatic N) is 1. The lowest BCUT2D eigenvalue weighted by Gasteiger charge is -2.18. The first kappa shape index (κ1) is 14.0. The van der Waals surface area contributed by atoms with Gasteiger partial charge in [0.05, 0.1) is 0 Å². The number of benzene rings is 2. The van der Waals surface area contributed by atoms with Crippen LogP contribution >= 0.6 is 7.92 Å². The minimum absolute atomic E-state index is 0.315. The Balaban J connectivity index is 1.83. The van der Waals surface area contributed by atoms with E-state index in [1.54, 1.807) is 0 Å². The van der Waals surface area contributed by atoms with Gasteiger partial charge in [0, 0.05) is 11.9 Å². The topological polar surface area (TPSA) is 12.9 Å². The van der Waals surface area contributed by atoms with Crippen LogP contribution in [0, 0.1) is 0 Å². The molecule has 0 spiro atoms. The summed E-state index contributed by atoms with van der Waals surface area (Å²) in [6.45, 7) is 0. The second kappa shape index (κ2) is 7.15. The van der Waals surface area contributed by atoms with E-state index in [2.05, 4.69) is 77.8 Å². The highest BCUT2D eigenvalue weighted by molar-refractivity contribution is 7.73. The third-order valence-corrected chi connectivity index (χ3v) is 5.97. The molecule has 0 atom stereocenters. The number of aryl methyl sites for hydroxylation is 1. The fraction of sp³-hybridized carbons (Fsp3) is 0.105. The van der Waals surface area contributed by atoms with Crippen LogP contribution in [-0.2, 0) is 6.42 Å². The fourth-order valence-electron chi connectivity index (χ4n) is 2.40. The number of hydrogen-bond acceptors (Lipinski definition) is 1.